The lowest BCUT2D eigenvalue weighted by Crippen LogP contribution is -2.08. The van der Waals surface area contributed by atoms with E-state index in [2.05, 4.69) is 9.88 Å². The van der Waals surface area contributed by atoms with Gasteiger partial charge in [0.05, 0.1) is 6.61 Å². The average Bonchev–Trinajstić information content (AvgIpc) is 2.99. The zero-order chi connectivity index (χ0) is 10.8. The van der Waals surface area contributed by atoms with Crippen molar-refractivity contribution in [1.82, 2.24) is 4.57 Å². The van der Waals surface area contributed by atoms with Crippen LogP contribution in [-0.2, 0) is 13.2 Å². The van der Waals surface area contributed by atoms with Gasteiger partial charge < -0.3 is 20.4 Å². The second-order valence-corrected chi connectivity index (χ2v) is 4.05. The number of aliphatic hydroxyl groups excluding tert-OH is 1. The summed E-state index contributed by atoms with van der Waals surface area (Å²) in [5, 5.41) is 19.7. The first-order valence-corrected chi connectivity index (χ1v) is 5.31. The fraction of sp³-hybridized carbons (Fsp3) is 0.545. The SMILES string of the molecule is CNc1c(C=N)cc(CO)n1CC1CC1. The van der Waals surface area contributed by atoms with E-state index in [1.807, 2.05) is 13.1 Å². The van der Waals surface area contributed by atoms with Crippen molar-refractivity contribution in [2.24, 2.45) is 5.92 Å². The van der Waals surface area contributed by atoms with E-state index in [1.165, 1.54) is 19.1 Å². The quantitative estimate of drug-likeness (QED) is 0.640. The molecule has 0 aliphatic heterocycles. The molecule has 2 rings (SSSR count). The molecule has 1 aromatic heterocycles. The van der Waals surface area contributed by atoms with Gasteiger partial charge in [-0.3, -0.25) is 0 Å². The number of hydrogen-bond acceptors (Lipinski definition) is 3. The number of aliphatic hydroxyl groups is 1. The van der Waals surface area contributed by atoms with Crippen molar-refractivity contribution in [3.63, 3.8) is 0 Å². The lowest BCUT2D eigenvalue weighted by Gasteiger charge is -2.11. The van der Waals surface area contributed by atoms with Crippen molar-refractivity contribution in [1.29, 1.82) is 5.41 Å². The van der Waals surface area contributed by atoms with Crippen LogP contribution in [0, 0.1) is 11.3 Å². The monoisotopic (exact) mass is 207 g/mol. The predicted octanol–water partition coefficient (Wildman–Crippen LogP) is 1.43. The minimum absolute atomic E-state index is 0.0369. The first-order chi connectivity index (χ1) is 7.30. The van der Waals surface area contributed by atoms with Crippen LogP contribution in [0.25, 0.3) is 0 Å². The molecule has 0 saturated heterocycles. The zero-order valence-corrected chi connectivity index (χ0v) is 8.95. The van der Waals surface area contributed by atoms with Crippen LogP contribution < -0.4 is 5.32 Å². The van der Waals surface area contributed by atoms with E-state index in [9.17, 15) is 5.11 Å². The van der Waals surface area contributed by atoms with Crippen molar-refractivity contribution >= 4 is 12.0 Å². The molecule has 0 aromatic carbocycles. The smallest absolute Gasteiger partial charge is 0.114 e. The molecule has 1 aromatic rings. The van der Waals surface area contributed by atoms with Crippen LogP contribution in [0.3, 0.4) is 0 Å². The molecule has 0 atom stereocenters. The maximum atomic E-state index is 9.26. The standard InChI is InChI=1S/C11H17N3O/c1-13-11-9(5-12)4-10(7-15)14(11)6-8-2-3-8/h4-5,8,12-13,15H,2-3,6-7H2,1H3. The molecule has 1 fully saturated rings. The van der Waals surface area contributed by atoms with Gasteiger partial charge in [0, 0.05) is 31.1 Å². The van der Waals surface area contributed by atoms with Crippen molar-refractivity contribution in [3.05, 3.63) is 17.3 Å². The number of nitrogens with one attached hydrogen (secondary N) is 2. The Morgan fingerprint density at radius 2 is 2.40 bits per heavy atom. The lowest BCUT2D eigenvalue weighted by atomic mass is 10.3. The molecule has 1 aliphatic carbocycles. The Bertz CT molecular complexity index is 366. The first kappa shape index (κ1) is 10.2. The number of anilines is 1. The fourth-order valence-electron chi connectivity index (χ4n) is 1.91. The number of hydrogen-bond donors (Lipinski definition) is 3. The molecule has 3 N–H and O–H groups in total. The molecule has 4 heteroatoms. The highest BCUT2D eigenvalue weighted by molar-refractivity contribution is 5.85. The van der Waals surface area contributed by atoms with Crippen LogP contribution >= 0.6 is 0 Å². The molecule has 0 amide bonds. The van der Waals surface area contributed by atoms with E-state index in [1.54, 1.807) is 0 Å². The summed E-state index contributed by atoms with van der Waals surface area (Å²) in [4.78, 5) is 0. The van der Waals surface area contributed by atoms with Crippen molar-refractivity contribution in [2.45, 2.75) is 26.0 Å². The summed E-state index contributed by atoms with van der Waals surface area (Å²) in [5.41, 5.74) is 1.74. The molecule has 0 unspecified atom stereocenters. The summed E-state index contributed by atoms with van der Waals surface area (Å²) >= 11 is 0. The molecule has 15 heavy (non-hydrogen) atoms. The summed E-state index contributed by atoms with van der Waals surface area (Å²) in [6, 6.07) is 1.88. The highest BCUT2D eigenvalue weighted by atomic mass is 16.3. The molecular weight excluding hydrogens is 190 g/mol. The van der Waals surface area contributed by atoms with E-state index in [0.717, 1.165) is 29.5 Å². The van der Waals surface area contributed by atoms with Gasteiger partial charge in [-0.25, -0.2) is 0 Å². The minimum atomic E-state index is 0.0369. The molecule has 82 valence electrons. The molecule has 4 nitrogen and oxygen atoms in total. The molecule has 0 spiro atoms. The molecule has 0 bridgehead atoms. The summed E-state index contributed by atoms with van der Waals surface area (Å²) in [6.45, 7) is 0.995. The maximum Gasteiger partial charge on any atom is 0.114 e. The highest BCUT2D eigenvalue weighted by Crippen LogP contribution is 2.33. The fourth-order valence-corrected chi connectivity index (χ4v) is 1.91. The molecule has 1 heterocycles. The second-order valence-electron chi connectivity index (χ2n) is 4.05. The predicted molar refractivity (Wildman–Crippen MR) is 60.5 cm³/mol. The Hall–Kier alpha value is -1.29. The van der Waals surface area contributed by atoms with E-state index in [0.29, 0.717) is 0 Å². The maximum absolute atomic E-state index is 9.26. The summed E-state index contributed by atoms with van der Waals surface area (Å²) in [7, 11) is 1.85. The van der Waals surface area contributed by atoms with E-state index in [-0.39, 0.29) is 6.61 Å². The Labute approximate surface area is 89.4 Å². The third-order valence-corrected chi connectivity index (χ3v) is 2.90. The second kappa shape index (κ2) is 4.06. The normalized spacial score (nSPS) is 15.3. The lowest BCUT2D eigenvalue weighted by molar-refractivity contribution is 0.270. The van der Waals surface area contributed by atoms with Gasteiger partial charge in [-0.15, -0.1) is 0 Å². The average molecular weight is 207 g/mol. The molecule has 1 aliphatic rings. The number of aromatic nitrogens is 1. The zero-order valence-electron chi connectivity index (χ0n) is 8.95. The Kier molecular flexibility index (Phi) is 2.77. The third-order valence-electron chi connectivity index (χ3n) is 2.90. The van der Waals surface area contributed by atoms with Gasteiger partial charge in [-0.1, -0.05) is 0 Å². The highest BCUT2D eigenvalue weighted by Gasteiger charge is 2.24. The van der Waals surface area contributed by atoms with Crippen LogP contribution in [0.15, 0.2) is 6.07 Å². The van der Waals surface area contributed by atoms with Gasteiger partial charge in [0.15, 0.2) is 0 Å². The van der Waals surface area contributed by atoms with Crippen molar-refractivity contribution in [2.75, 3.05) is 12.4 Å². The summed E-state index contributed by atoms with van der Waals surface area (Å²) in [5.74, 6) is 1.70. The number of rotatable bonds is 5. The van der Waals surface area contributed by atoms with Crippen LogP contribution in [0.1, 0.15) is 24.1 Å². The molecule has 0 radical (unpaired) electrons. The summed E-state index contributed by atoms with van der Waals surface area (Å²) < 4.78 is 2.10. The van der Waals surface area contributed by atoms with Crippen LogP contribution in [-0.4, -0.2) is 22.9 Å². The first-order valence-electron chi connectivity index (χ1n) is 5.31. The van der Waals surface area contributed by atoms with E-state index < -0.39 is 0 Å². The Morgan fingerprint density at radius 1 is 1.67 bits per heavy atom. The van der Waals surface area contributed by atoms with E-state index in [4.69, 9.17) is 5.41 Å². The largest absolute Gasteiger partial charge is 0.390 e. The Balaban J connectivity index is 2.36. The topological polar surface area (TPSA) is 61.0 Å². The minimum Gasteiger partial charge on any atom is -0.390 e. The van der Waals surface area contributed by atoms with Crippen molar-refractivity contribution in [3.8, 4) is 0 Å². The van der Waals surface area contributed by atoms with E-state index >= 15 is 0 Å². The summed E-state index contributed by atoms with van der Waals surface area (Å²) in [6.07, 6.45) is 3.90. The van der Waals surface area contributed by atoms with Gasteiger partial charge in [0.1, 0.15) is 5.82 Å². The van der Waals surface area contributed by atoms with Gasteiger partial charge in [-0.05, 0) is 24.8 Å². The number of nitrogens with zero attached hydrogens (tertiary/aromatic N) is 1. The van der Waals surface area contributed by atoms with Gasteiger partial charge in [-0.2, -0.15) is 0 Å². The van der Waals surface area contributed by atoms with Gasteiger partial charge in [0.2, 0.25) is 0 Å². The van der Waals surface area contributed by atoms with Crippen LogP contribution in [0.2, 0.25) is 0 Å². The molecular formula is C11H17N3O. The third kappa shape index (κ3) is 1.90. The Morgan fingerprint density at radius 3 is 2.87 bits per heavy atom. The van der Waals surface area contributed by atoms with Crippen molar-refractivity contribution < 1.29 is 5.11 Å². The van der Waals surface area contributed by atoms with Gasteiger partial charge in [0.25, 0.3) is 0 Å². The van der Waals surface area contributed by atoms with Gasteiger partial charge >= 0.3 is 0 Å². The van der Waals surface area contributed by atoms with Crippen LogP contribution in [0.5, 0.6) is 0 Å². The van der Waals surface area contributed by atoms with Crippen LogP contribution in [0.4, 0.5) is 5.82 Å². The molecule has 1 saturated carbocycles.